The molecule has 7 heavy (non-hydrogen) atoms. The first-order valence-corrected chi connectivity index (χ1v) is 7.79. The van der Waals surface area contributed by atoms with E-state index in [1.165, 1.54) is 0 Å². The normalized spacial score (nSPS) is 10.6. The van der Waals surface area contributed by atoms with E-state index in [-0.39, 0.29) is 0 Å². The van der Waals surface area contributed by atoms with Gasteiger partial charge in [-0.05, 0) is 0 Å². The lowest BCUT2D eigenvalue weighted by atomic mass is 11.4. The SMILES string of the molecule is C#C[Si][Si](C)(C)C. The van der Waals surface area contributed by atoms with Crippen molar-refractivity contribution in [3.05, 3.63) is 0 Å². The molecule has 0 saturated heterocycles. The fourth-order valence-electron chi connectivity index (χ4n) is 0.217. The summed E-state index contributed by atoms with van der Waals surface area (Å²) in [5.41, 5.74) is 2.70. The van der Waals surface area contributed by atoms with Gasteiger partial charge in [-0.2, -0.15) is 0 Å². The van der Waals surface area contributed by atoms with E-state index in [2.05, 4.69) is 25.2 Å². The number of hydrogen-bond donors (Lipinski definition) is 0. The predicted octanol–water partition coefficient (Wildman–Crippen LogP) is 1.12. The van der Waals surface area contributed by atoms with Gasteiger partial charge in [0.05, 0.1) is 0 Å². The monoisotopic (exact) mass is 126 g/mol. The second-order valence-electron chi connectivity index (χ2n) is 2.52. The van der Waals surface area contributed by atoms with Crippen LogP contribution >= 0.6 is 0 Å². The van der Waals surface area contributed by atoms with Crippen LogP contribution in [0.25, 0.3) is 0 Å². The maximum absolute atomic E-state index is 5.11. The van der Waals surface area contributed by atoms with E-state index < -0.39 is 7.59 Å². The Kier molecular flexibility index (Phi) is 2.34. The highest BCUT2D eigenvalue weighted by Gasteiger charge is 2.10. The minimum Gasteiger partial charge on any atom is -0.142 e. The highest BCUT2D eigenvalue weighted by molar-refractivity contribution is 7.25. The Morgan fingerprint density at radius 2 is 1.86 bits per heavy atom. The molecule has 0 aromatic rings. The van der Waals surface area contributed by atoms with Gasteiger partial charge in [0.1, 0.15) is 9.04 Å². The molecule has 0 aromatic heterocycles. The van der Waals surface area contributed by atoms with Crippen molar-refractivity contribution in [3.8, 4) is 12.0 Å². The van der Waals surface area contributed by atoms with Gasteiger partial charge >= 0.3 is 0 Å². The van der Waals surface area contributed by atoms with Gasteiger partial charge in [-0.3, -0.25) is 0 Å². The summed E-state index contributed by atoms with van der Waals surface area (Å²) in [4.78, 5) is 0. The molecule has 0 saturated carbocycles. The lowest BCUT2D eigenvalue weighted by Gasteiger charge is -2.07. The van der Waals surface area contributed by atoms with E-state index in [0.29, 0.717) is 0 Å². The lowest BCUT2D eigenvalue weighted by Crippen LogP contribution is -2.28. The molecule has 0 fully saturated rings. The molecule has 0 nitrogen and oxygen atoms in total. The molecule has 2 heteroatoms. The van der Waals surface area contributed by atoms with Crippen LogP contribution in [0, 0.1) is 12.0 Å². The van der Waals surface area contributed by atoms with E-state index in [9.17, 15) is 0 Å². The molecule has 0 aliphatic carbocycles. The minimum absolute atomic E-state index is 0.791. The highest BCUT2D eigenvalue weighted by Crippen LogP contribution is 1.94. The summed E-state index contributed by atoms with van der Waals surface area (Å²) >= 11 is 0. The van der Waals surface area contributed by atoms with Crippen molar-refractivity contribution in [1.82, 2.24) is 0 Å². The van der Waals surface area contributed by atoms with Crippen LogP contribution < -0.4 is 0 Å². The Bertz CT molecular complexity index is 83.2. The van der Waals surface area contributed by atoms with E-state index in [0.717, 1.165) is 9.04 Å². The molecule has 0 atom stereocenters. The fraction of sp³-hybridized carbons (Fsp3) is 0.600. The summed E-state index contributed by atoms with van der Waals surface area (Å²) < 4.78 is 0. The van der Waals surface area contributed by atoms with Crippen LogP contribution in [0.3, 0.4) is 0 Å². The first-order chi connectivity index (χ1) is 3.06. The second-order valence-corrected chi connectivity index (χ2v) is 12.8. The maximum Gasteiger partial charge on any atom is 0.134 e. The average Bonchev–Trinajstić information content (AvgIpc) is 1.30. The lowest BCUT2D eigenvalue weighted by molar-refractivity contribution is 1.86. The Morgan fingerprint density at radius 3 is 1.86 bits per heavy atom. The quantitative estimate of drug-likeness (QED) is 0.365. The molecule has 0 amide bonds. The van der Waals surface area contributed by atoms with Crippen LogP contribution in [-0.4, -0.2) is 16.6 Å². The third-order valence-electron chi connectivity index (χ3n) is 0.447. The van der Waals surface area contributed by atoms with Crippen molar-refractivity contribution in [2.75, 3.05) is 0 Å². The zero-order valence-electron chi connectivity index (χ0n) is 5.08. The Labute approximate surface area is 48.9 Å². The van der Waals surface area contributed by atoms with Gasteiger partial charge in [0, 0.05) is 7.59 Å². The van der Waals surface area contributed by atoms with Crippen molar-refractivity contribution in [1.29, 1.82) is 0 Å². The van der Waals surface area contributed by atoms with Gasteiger partial charge in [0.15, 0.2) is 0 Å². The van der Waals surface area contributed by atoms with Crippen LogP contribution in [-0.2, 0) is 0 Å². The summed E-state index contributed by atoms with van der Waals surface area (Å²) in [7, 11) is -0.0747. The van der Waals surface area contributed by atoms with Gasteiger partial charge in [0.2, 0.25) is 0 Å². The van der Waals surface area contributed by atoms with Crippen LogP contribution in [0.4, 0.5) is 0 Å². The van der Waals surface area contributed by atoms with E-state index >= 15 is 0 Å². The van der Waals surface area contributed by atoms with Crippen LogP contribution in [0.1, 0.15) is 0 Å². The zero-order chi connectivity index (χ0) is 5.91. The molecule has 0 unspecified atom stereocenters. The van der Waals surface area contributed by atoms with Crippen LogP contribution in [0.15, 0.2) is 0 Å². The third kappa shape index (κ3) is 5.99. The van der Waals surface area contributed by atoms with E-state index in [1.54, 1.807) is 0 Å². The van der Waals surface area contributed by atoms with E-state index in [1.807, 2.05) is 0 Å². The van der Waals surface area contributed by atoms with Crippen LogP contribution in [0.2, 0.25) is 19.6 Å². The standard InChI is InChI=1S/C5H10Si2/c1-5-6-7(2,3)4/h1H,2-4H3. The van der Waals surface area contributed by atoms with Gasteiger partial charge < -0.3 is 0 Å². The van der Waals surface area contributed by atoms with Gasteiger partial charge in [-0.25, -0.2) is 0 Å². The van der Waals surface area contributed by atoms with Crippen molar-refractivity contribution in [3.63, 3.8) is 0 Å². The maximum atomic E-state index is 5.11. The number of terminal acetylenes is 1. The van der Waals surface area contributed by atoms with Crippen molar-refractivity contribution < 1.29 is 0 Å². The van der Waals surface area contributed by atoms with Crippen molar-refractivity contribution >= 4 is 16.6 Å². The topological polar surface area (TPSA) is 0 Å². The number of hydrogen-bond acceptors (Lipinski definition) is 0. The smallest absolute Gasteiger partial charge is 0.134 e. The average molecular weight is 126 g/mol. The fourth-order valence-corrected chi connectivity index (χ4v) is 1.95. The molecule has 0 bridgehead atoms. The molecule has 0 aliphatic heterocycles. The first kappa shape index (κ1) is 6.99. The van der Waals surface area contributed by atoms with Crippen LogP contribution in [0.5, 0.6) is 0 Å². The Hall–Kier alpha value is -0.00623. The summed E-state index contributed by atoms with van der Waals surface area (Å²) in [5, 5.41) is 0. The molecular formula is C5H10Si2. The molecule has 2 radical (unpaired) electrons. The Morgan fingerprint density at radius 1 is 1.43 bits per heavy atom. The molecule has 0 spiro atoms. The highest BCUT2D eigenvalue weighted by atomic mass is 29.2. The third-order valence-corrected chi connectivity index (χ3v) is 4.02. The zero-order valence-corrected chi connectivity index (χ0v) is 7.08. The van der Waals surface area contributed by atoms with Gasteiger partial charge in [-0.1, -0.05) is 19.6 Å². The molecule has 38 valence electrons. The molecule has 0 rings (SSSR count). The minimum atomic E-state index is -0.866. The largest absolute Gasteiger partial charge is 0.142 e. The van der Waals surface area contributed by atoms with E-state index in [4.69, 9.17) is 6.42 Å². The summed E-state index contributed by atoms with van der Waals surface area (Å²) in [6.07, 6.45) is 5.11. The molecular weight excluding hydrogens is 116 g/mol. The molecule has 0 N–H and O–H groups in total. The molecule has 0 aromatic carbocycles. The molecule has 0 aliphatic rings. The molecule has 0 heterocycles. The summed E-state index contributed by atoms with van der Waals surface area (Å²) in [6, 6.07) is 0. The second kappa shape index (κ2) is 2.34. The van der Waals surface area contributed by atoms with Gasteiger partial charge in [0.25, 0.3) is 0 Å². The summed E-state index contributed by atoms with van der Waals surface area (Å²) in [6.45, 7) is 6.85. The Balaban J connectivity index is 3.40. The predicted molar refractivity (Wildman–Crippen MR) is 37.9 cm³/mol. The van der Waals surface area contributed by atoms with Crippen molar-refractivity contribution in [2.45, 2.75) is 19.6 Å². The first-order valence-electron chi connectivity index (χ1n) is 2.29. The van der Waals surface area contributed by atoms with Crippen molar-refractivity contribution in [2.24, 2.45) is 0 Å². The van der Waals surface area contributed by atoms with Gasteiger partial charge in [-0.15, -0.1) is 12.0 Å². The number of rotatable bonds is 1. The summed E-state index contributed by atoms with van der Waals surface area (Å²) in [5.74, 6) is 0.